The zero-order valence-corrected chi connectivity index (χ0v) is 29.0. The number of hydrogen-bond acceptors (Lipinski definition) is 7. The molecule has 2 heterocycles. The topological polar surface area (TPSA) is 145 Å². The standard InChI is InChI=1S/C36H52N4O6S/c1-5-21-47(45,46)29-23-30(37-24-29)33(42)31(22-28-15-11-8-12-16-28)38-34(43)32(18-17-27-13-9-7-10-14-27)40-20-19-36(35(40)44,25(3)6-2)39-26(4)41/h7-16,25,29-33,37,42H,5-6,17-24H2,1-4H3,(H,38,43)(H,39,41)/t25-,29-,30-,31+,32?,33-,36?/m1/s1. The Bertz CT molecular complexity index is 1460. The number of likely N-dealkylation sites (tertiary alicyclic amines) is 1. The highest BCUT2D eigenvalue weighted by atomic mass is 32.2. The molecule has 10 nitrogen and oxygen atoms in total. The molecule has 2 aromatic rings. The van der Waals surface area contributed by atoms with Gasteiger partial charge in [0, 0.05) is 26.1 Å². The highest BCUT2D eigenvalue weighted by Crippen LogP contribution is 2.34. The fourth-order valence-electron chi connectivity index (χ4n) is 7.20. The number of aryl methyl sites for hydroxylation is 1. The lowest BCUT2D eigenvalue weighted by atomic mass is 9.81. The number of aliphatic hydroxyl groups is 1. The van der Waals surface area contributed by atoms with Crippen LogP contribution in [0.4, 0.5) is 0 Å². The lowest BCUT2D eigenvalue weighted by Crippen LogP contribution is -2.61. The minimum absolute atomic E-state index is 0.0932. The molecule has 2 saturated heterocycles. The van der Waals surface area contributed by atoms with Crippen LogP contribution in [0, 0.1) is 5.92 Å². The van der Waals surface area contributed by atoms with E-state index in [1.54, 1.807) is 4.90 Å². The summed E-state index contributed by atoms with van der Waals surface area (Å²) in [6, 6.07) is 17.2. The minimum atomic E-state index is -3.31. The summed E-state index contributed by atoms with van der Waals surface area (Å²) in [6.45, 7) is 7.73. The van der Waals surface area contributed by atoms with Crippen LogP contribution in [0.15, 0.2) is 60.7 Å². The van der Waals surface area contributed by atoms with Gasteiger partial charge in [-0.2, -0.15) is 0 Å². The van der Waals surface area contributed by atoms with Crippen molar-refractivity contribution in [2.45, 2.75) is 108 Å². The molecule has 4 rings (SSSR count). The summed E-state index contributed by atoms with van der Waals surface area (Å²) in [5.41, 5.74) is 0.841. The van der Waals surface area contributed by atoms with Gasteiger partial charge in [0.1, 0.15) is 11.6 Å². The molecule has 0 bridgehead atoms. The van der Waals surface area contributed by atoms with Crippen molar-refractivity contribution < 1.29 is 27.9 Å². The van der Waals surface area contributed by atoms with E-state index in [1.807, 2.05) is 81.4 Å². The van der Waals surface area contributed by atoms with Crippen LogP contribution in [-0.2, 0) is 37.1 Å². The van der Waals surface area contributed by atoms with Gasteiger partial charge in [-0.05, 0) is 55.6 Å². The largest absolute Gasteiger partial charge is 0.389 e. The molecule has 0 spiro atoms. The van der Waals surface area contributed by atoms with E-state index in [2.05, 4.69) is 16.0 Å². The van der Waals surface area contributed by atoms with Crippen molar-refractivity contribution in [3.63, 3.8) is 0 Å². The summed E-state index contributed by atoms with van der Waals surface area (Å²) in [4.78, 5) is 42.5. The summed E-state index contributed by atoms with van der Waals surface area (Å²) in [5.74, 6) is -0.988. The number of hydrogen-bond donors (Lipinski definition) is 4. The molecule has 3 amide bonds. The van der Waals surface area contributed by atoms with Crippen LogP contribution >= 0.6 is 0 Å². The van der Waals surface area contributed by atoms with Crippen molar-refractivity contribution in [2.75, 3.05) is 18.8 Å². The van der Waals surface area contributed by atoms with Gasteiger partial charge in [0.25, 0.3) is 0 Å². The fraction of sp³-hybridized carbons (Fsp3) is 0.583. The lowest BCUT2D eigenvalue weighted by molar-refractivity contribution is -0.144. The van der Waals surface area contributed by atoms with Crippen LogP contribution in [0.25, 0.3) is 0 Å². The summed E-state index contributed by atoms with van der Waals surface area (Å²) in [6.07, 6.45) is 1.99. The molecule has 11 heteroatoms. The van der Waals surface area contributed by atoms with E-state index in [4.69, 9.17) is 0 Å². The van der Waals surface area contributed by atoms with Crippen molar-refractivity contribution in [3.05, 3.63) is 71.8 Å². The number of carbonyl (C=O) groups excluding carboxylic acids is 3. The molecule has 2 unspecified atom stereocenters. The second kappa shape index (κ2) is 16.2. The maximum atomic E-state index is 14.4. The Morgan fingerprint density at radius 3 is 2.30 bits per heavy atom. The Morgan fingerprint density at radius 1 is 1.06 bits per heavy atom. The molecule has 4 N–H and O–H groups in total. The molecule has 47 heavy (non-hydrogen) atoms. The van der Waals surface area contributed by atoms with Crippen molar-refractivity contribution in [1.29, 1.82) is 0 Å². The van der Waals surface area contributed by atoms with Gasteiger partial charge >= 0.3 is 0 Å². The highest BCUT2D eigenvalue weighted by molar-refractivity contribution is 7.92. The minimum Gasteiger partial charge on any atom is -0.389 e. The average molecular weight is 669 g/mol. The van der Waals surface area contributed by atoms with Gasteiger partial charge in [0.05, 0.1) is 23.1 Å². The number of amides is 3. The zero-order valence-electron chi connectivity index (χ0n) is 28.2. The first kappa shape index (κ1) is 36.6. The Kier molecular flexibility index (Phi) is 12.6. The van der Waals surface area contributed by atoms with Crippen molar-refractivity contribution in [2.24, 2.45) is 5.92 Å². The van der Waals surface area contributed by atoms with E-state index in [1.165, 1.54) is 6.92 Å². The molecule has 7 atom stereocenters. The van der Waals surface area contributed by atoms with E-state index in [-0.39, 0.29) is 42.4 Å². The maximum absolute atomic E-state index is 14.4. The zero-order chi connectivity index (χ0) is 34.2. The maximum Gasteiger partial charge on any atom is 0.249 e. The predicted molar refractivity (Wildman–Crippen MR) is 183 cm³/mol. The molecule has 2 aliphatic rings. The van der Waals surface area contributed by atoms with Crippen LogP contribution < -0.4 is 16.0 Å². The predicted octanol–water partition coefficient (Wildman–Crippen LogP) is 2.78. The average Bonchev–Trinajstić information content (AvgIpc) is 3.68. The first-order chi connectivity index (χ1) is 22.4. The van der Waals surface area contributed by atoms with Crippen molar-refractivity contribution in [1.82, 2.24) is 20.9 Å². The van der Waals surface area contributed by atoms with Gasteiger partial charge in [-0.3, -0.25) is 14.4 Å². The fourth-order valence-corrected chi connectivity index (χ4v) is 8.95. The van der Waals surface area contributed by atoms with E-state index < -0.39 is 44.9 Å². The SMILES string of the molecule is CCCS(=O)(=O)[C@H]1CN[C@@H]([C@@H](O)[C@H](Cc2ccccc2)NC(=O)C(CCc2ccccc2)N2CCC(NC(C)=O)([C@H](C)CC)C2=O)C1. The molecule has 0 aliphatic carbocycles. The van der Waals surface area contributed by atoms with Gasteiger partial charge in [-0.15, -0.1) is 0 Å². The quantitative estimate of drug-likeness (QED) is 0.215. The summed E-state index contributed by atoms with van der Waals surface area (Å²) < 4.78 is 25.7. The van der Waals surface area contributed by atoms with E-state index in [0.717, 1.165) is 11.1 Å². The number of nitrogens with zero attached hydrogens (tertiary/aromatic N) is 1. The van der Waals surface area contributed by atoms with Crippen molar-refractivity contribution in [3.8, 4) is 0 Å². The molecule has 0 saturated carbocycles. The molecular weight excluding hydrogens is 616 g/mol. The molecule has 258 valence electrons. The number of rotatable bonds is 16. The van der Waals surface area contributed by atoms with E-state index in [0.29, 0.717) is 45.1 Å². The summed E-state index contributed by atoms with van der Waals surface area (Å²) in [5, 5.41) is 20.4. The first-order valence-corrected chi connectivity index (χ1v) is 18.7. The number of nitrogens with one attached hydrogen (secondary N) is 3. The summed E-state index contributed by atoms with van der Waals surface area (Å²) in [7, 11) is -3.31. The monoisotopic (exact) mass is 668 g/mol. The second-order valence-electron chi connectivity index (χ2n) is 13.3. The third kappa shape index (κ3) is 8.80. The van der Waals surface area contributed by atoms with Crippen molar-refractivity contribution >= 4 is 27.6 Å². The van der Waals surface area contributed by atoms with Gasteiger partial charge in [0.15, 0.2) is 9.84 Å². The van der Waals surface area contributed by atoms with Crippen LogP contribution in [0.5, 0.6) is 0 Å². The lowest BCUT2D eigenvalue weighted by Gasteiger charge is -2.36. The third-order valence-corrected chi connectivity index (χ3v) is 12.4. The molecule has 2 aliphatic heterocycles. The normalized spacial score (nSPS) is 24.0. The van der Waals surface area contributed by atoms with Crippen LogP contribution in [0.3, 0.4) is 0 Å². The number of benzene rings is 2. The Hall–Kier alpha value is -3.28. The molecule has 2 aromatic carbocycles. The van der Waals surface area contributed by atoms with Gasteiger partial charge in [-0.25, -0.2) is 8.42 Å². The van der Waals surface area contributed by atoms with E-state index in [9.17, 15) is 27.9 Å². The van der Waals surface area contributed by atoms with Crippen LogP contribution in [-0.4, -0.2) is 90.0 Å². The summed E-state index contributed by atoms with van der Waals surface area (Å²) >= 11 is 0. The number of carbonyl (C=O) groups is 3. The second-order valence-corrected chi connectivity index (χ2v) is 15.7. The van der Waals surface area contributed by atoms with Gasteiger partial charge < -0.3 is 26.0 Å². The van der Waals surface area contributed by atoms with E-state index >= 15 is 0 Å². The number of aliphatic hydroxyl groups excluding tert-OH is 1. The highest BCUT2D eigenvalue weighted by Gasteiger charge is 2.53. The smallest absolute Gasteiger partial charge is 0.249 e. The van der Waals surface area contributed by atoms with Gasteiger partial charge in [0.2, 0.25) is 17.7 Å². The molecule has 0 radical (unpaired) electrons. The Labute approximate surface area is 280 Å². The molecule has 2 fully saturated rings. The third-order valence-electron chi connectivity index (χ3n) is 10.0. The Balaban J connectivity index is 1.62. The Morgan fingerprint density at radius 2 is 1.70 bits per heavy atom. The van der Waals surface area contributed by atoms with Gasteiger partial charge in [-0.1, -0.05) is 87.9 Å². The first-order valence-electron chi connectivity index (χ1n) is 17.0. The van der Waals surface area contributed by atoms with Crippen LogP contribution in [0.1, 0.15) is 70.9 Å². The molecular formula is C36H52N4O6S. The number of sulfone groups is 1. The molecule has 0 aromatic heterocycles. The van der Waals surface area contributed by atoms with Crippen LogP contribution in [0.2, 0.25) is 0 Å².